The van der Waals surface area contributed by atoms with Crippen LogP contribution >= 0.6 is 17.0 Å². The molecule has 0 aromatic carbocycles. The van der Waals surface area contributed by atoms with Gasteiger partial charge >= 0.3 is 0 Å². The number of rotatable bonds is 4. The van der Waals surface area contributed by atoms with E-state index in [0.717, 1.165) is 6.42 Å². The molecular weight excluding hydrogens is 229 g/mol. The maximum atomic E-state index is 3.76. The molecule has 0 fully saturated rings. The molecule has 0 aromatic heterocycles. The van der Waals surface area contributed by atoms with Gasteiger partial charge in [-0.05, 0) is 0 Å². The normalized spacial score (nSPS) is 7.33. The Kier molecular flexibility index (Phi) is 29.6. The average molecular weight is 245 g/mol. The van der Waals surface area contributed by atoms with E-state index in [0.29, 0.717) is 0 Å². The Morgan fingerprint density at radius 3 is 2.00 bits per heavy atom. The van der Waals surface area contributed by atoms with Crippen LogP contribution in [0.1, 0.15) is 39.0 Å². The van der Waals surface area contributed by atoms with Crippen molar-refractivity contribution < 1.29 is 19.5 Å². The summed E-state index contributed by atoms with van der Waals surface area (Å²) < 4.78 is 0. The minimum Gasteiger partial charge on any atom is -0.343 e. The fraction of sp³-hybridized carbons (Fsp3) is 0.857. The van der Waals surface area contributed by atoms with Gasteiger partial charge in [-0.25, -0.2) is 0 Å². The summed E-state index contributed by atoms with van der Waals surface area (Å²) in [6.45, 7) is 5.98. The van der Waals surface area contributed by atoms with E-state index >= 15 is 0 Å². The van der Waals surface area contributed by atoms with Gasteiger partial charge in [-0.1, -0.05) is 32.6 Å². The molecule has 0 aromatic rings. The molecule has 0 heterocycles. The molecule has 54 valence electrons. The van der Waals surface area contributed by atoms with Gasteiger partial charge in [0.05, 0.1) is 0 Å². The summed E-state index contributed by atoms with van der Waals surface area (Å²) in [6.07, 6.45) is 6.52. The van der Waals surface area contributed by atoms with Crippen molar-refractivity contribution in [3.8, 4) is 0 Å². The first-order chi connectivity index (χ1) is 3.41. The summed E-state index contributed by atoms with van der Waals surface area (Å²) in [5.41, 5.74) is 0. The molecule has 0 saturated heterocycles. The third-order valence-electron chi connectivity index (χ3n) is 1.10. The Balaban J connectivity index is -0.000000180. The fourth-order valence-corrected chi connectivity index (χ4v) is 0.604. The van der Waals surface area contributed by atoms with Crippen molar-refractivity contribution in [3.63, 3.8) is 0 Å². The molecule has 0 N–H and O–H groups in total. The molecule has 0 amide bonds. The minimum absolute atomic E-state index is 0. The first-order valence-electron chi connectivity index (χ1n) is 3.21. The number of halogens is 1. The minimum atomic E-state index is 0. The smallest absolute Gasteiger partial charge is 0 e. The second-order valence-electron chi connectivity index (χ2n) is 1.91. The molecule has 0 atom stereocenters. The second kappa shape index (κ2) is 16.0. The van der Waals surface area contributed by atoms with Crippen LogP contribution in [0.15, 0.2) is 0 Å². The Bertz CT molecular complexity index is 28.1. The van der Waals surface area contributed by atoms with Gasteiger partial charge in [-0.3, -0.25) is 0 Å². The van der Waals surface area contributed by atoms with Gasteiger partial charge in [-0.15, -0.1) is 17.0 Å². The van der Waals surface area contributed by atoms with Crippen LogP contribution in [0.5, 0.6) is 0 Å². The van der Waals surface area contributed by atoms with Crippen LogP contribution in [0.4, 0.5) is 0 Å². The van der Waals surface area contributed by atoms with Crippen LogP contribution in [0.25, 0.3) is 0 Å². The molecular formula is C7H16BrZn-. The Hall–Kier alpha value is 1.10. The van der Waals surface area contributed by atoms with Crippen LogP contribution in [-0.4, -0.2) is 0 Å². The molecule has 0 aliphatic carbocycles. The molecule has 0 rings (SSSR count). The van der Waals surface area contributed by atoms with Crippen LogP contribution in [-0.2, 0) is 19.5 Å². The molecule has 0 aliphatic heterocycles. The topological polar surface area (TPSA) is 0 Å². The van der Waals surface area contributed by atoms with Crippen LogP contribution in [0.2, 0.25) is 0 Å². The maximum absolute atomic E-state index is 3.76. The number of hydrogen-bond acceptors (Lipinski definition) is 0. The van der Waals surface area contributed by atoms with Crippen molar-refractivity contribution in [1.29, 1.82) is 0 Å². The van der Waals surface area contributed by atoms with Gasteiger partial charge in [0.15, 0.2) is 0 Å². The van der Waals surface area contributed by atoms with E-state index in [1.807, 2.05) is 0 Å². The van der Waals surface area contributed by atoms with Gasteiger partial charge in [0.1, 0.15) is 0 Å². The molecule has 0 unspecified atom stereocenters. The monoisotopic (exact) mass is 243 g/mol. The van der Waals surface area contributed by atoms with E-state index < -0.39 is 0 Å². The van der Waals surface area contributed by atoms with Crippen molar-refractivity contribution in [1.82, 2.24) is 0 Å². The molecule has 0 spiro atoms. The van der Waals surface area contributed by atoms with Crippen LogP contribution in [0, 0.1) is 6.92 Å². The SMILES string of the molecule is Br.[CH2-]CCCCCC.[Zn]. The Morgan fingerprint density at radius 1 is 1.11 bits per heavy atom. The summed E-state index contributed by atoms with van der Waals surface area (Å²) in [7, 11) is 0. The summed E-state index contributed by atoms with van der Waals surface area (Å²) in [4.78, 5) is 0. The van der Waals surface area contributed by atoms with Gasteiger partial charge in [-0.2, -0.15) is 6.42 Å². The van der Waals surface area contributed by atoms with E-state index in [1.165, 1.54) is 25.7 Å². The van der Waals surface area contributed by atoms with Crippen LogP contribution < -0.4 is 0 Å². The number of hydrogen-bond donors (Lipinski definition) is 0. The van der Waals surface area contributed by atoms with E-state index in [2.05, 4.69) is 13.8 Å². The summed E-state index contributed by atoms with van der Waals surface area (Å²) in [5, 5.41) is 0. The van der Waals surface area contributed by atoms with Crippen molar-refractivity contribution in [2.45, 2.75) is 39.0 Å². The molecule has 0 saturated carbocycles. The average Bonchev–Trinajstić information content (AvgIpc) is 1.69. The standard InChI is InChI=1S/C7H15.BrH.Zn/c1-3-5-7-6-4-2;;/h1,3-7H2,2H3;1H;/q-1;;. The van der Waals surface area contributed by atoms with Gasteiger partial charge < -0.3 is 6.92 Å². The van der Waals surface area contributed by atoms with E-state index in [4.69, 9.17) is 0 Å². The molecule has 0 aliphatic rings. The molecule has 0 nitrogen and oxygen atoms in total. The summed E-state index contributed by atoms with van der Waals surface area (Å²) >= 11 is 0. The third-order valence-corrected chi connectivity index (χ3v) is 1.10. The summed E-state index contributed by atoms with van der Waals surface area (Å²) in [5.74, 6) is 0. The van der Waals surface area contributed by atoms with Crippen molar-refractivity contribution in [2.24, 2.45) is 0 Å². The first kappa shape index (κ1) is 16.6. The molecule has 2 heteroatoms. The molecule has 9 heavy (non-hydrogen) atoms. The largest absolute Gasteiger partial charge is 0.343 e. The number of unbranched alkanes of at least 4 members (excludes halogenated alkanes) is 4. The van der Waals surface area contributed by atoms with E-state index in [1.54, 1.807) is 0 Å². The fourth-order valence-electron chi connectivity index (χ4n) is 0.604. The second-order valence-corrected chi connectivity index (χ2v) is 1.91. The quantitative estimate of drug-likeness (QED) is 0.405. The van der Waals surface area contributed by atoms with Gasteiger partial charge in [0, 0.05) is 19.5 Å². The Morgan fingerprint density at radius 2 is 1.67 bits per heavy atom. The van der Waals surface area contributed by atoms with Gasteiger partial charge in [0.2, 0.25) is 0 Å². The zero-order chi connectivity index (χ0) is 5.54. The van der Waals surface area contributed by atoms with Crippen molar-refractivity contribution in [2.75, 3.05) is 0 Å². The van der Waals surface area contributed by atoms with E-state index in [-0.39, 0.29) is 36.5 Å². The van der Waals surface area contributed by atoms with Crippen molar-refractivity contribution >= 4 is 17.0 Å². The predicted octanol–water partition coefficient (Wildman–Crippen LogP) is 3.37. The predicted molar refractivity (Wildman–Crippen MR) is 44.4 cm³/mol. The first-order valence-corrected chi connectivity index (χ1v) is 3.21. The Labute approximate surface area is 82.3 Å². The van der Waals surface area contributed by atoms with Crippen molar-refractivity contribution in [3.05, 3.63) is 6.92 Å². The zero-order valence-corrected chi connectivity index (χ0v) is 11.0. The molecule has 0 bridgehead atoms. The van der Waals surface area contributed by atoms with Crippen LogP contribution in [0.3, 0.4) is 0 Å². The van der Waals surface area contributed by atoms with E-state index in [9.17, 15) is 0 Å². The third kappa shape index (κ3) is 17.6. The van der Waals surface area contributed by atoms with Gasteiger partial charge in [0.25, 0.3) is 0 Å². The maximum Gasteiger partial charge on any atom is 0 e. The summed E-state index contributed by atoms with van der Waals surface area (Å²) in [6, 6.07) is 0. The molecule has 0 radical (unpaired) electrons. The zero-order valence-electron chi connectivity index (χ0n) is 6.36.